The molecule has 0 spiro atoms. The van der Waals surface area contributed by atoms with Crippen LogP contribution in [0.1, 0.15) is 11.1 Å². The van der Waals surface area contributed by atoms with E-state index < -0.39 is 0 Å². The minimum atomic E-state index is -0.249. The van der Waals surface area contributed by atoms with Gasteiger partial charge < -0.3 is 15.2 Å². The monoisotopic (exact) mass is 219 g/mol. The van der Waals surface area contributed by atoms with Crippen LogP contribution in [0.25, 0.3) is 0 Å². The van der Waals surface area contributed by atoms with E-state index in [9.17, 15) is 9.90 Å². The second-order valence-electron chi connectivity index (χ2n) is 4.53. The third-order valence-electron chi connectivity index (χ3n) is 3.40. The maximum Gasteiger partial charge on any atom is 0.228 e. The average Bonchev–Trinajstić information content (AvgIpc) is 2.56. The van der Waals surface area contributed by atoms with Gasteiger partial charge in [-0.15, -0.1) is 0 Å². The molecule has 2 aliphatic rings. The molecule has 0 bridgehead atoms. The van der Waals surface area contributed by atoms with E-state index in [2.05, 4.69) is 5.32 Å². The lowest BCUT2D eigenvalue weighted by Crippen LogP contribution is -2.49. The molecule has 84 valence electrons. The molecule has 2 heterocycles. The number of carbonyl (C=O) groups excluding carboxylic acids is 1. The van der Waals surface area contributed by atoms with E-state index in [1.54, 1.807) is 0 Å². The molecule has 1 saturated heterocycles. The fraction of sp³-hybridized carbons (Fsp3) is 0.417. The molecule has 0 atom stereocenters. The van der Waals surface area contributed by atoms with E-state index >= 15 is 0 Å². The Bertz CT molecular complexity index is 446. The number of nitrogens with one attached hydrogen (secondary N) is 1. The van der Waals surface area contributed by atoms with Gasteiger partial charge in [0.1, 0.15) is 0 Å². The highest BCUT2D eigenvalue weighted by Crippen LogP contribution is 2.35. The van der Waals surface area contributed by atoms with Crippen LogP contribution in [0, 0.1) is 0 Å². The molecule has 2 aliphatic heterocycles. The van der Waals surface area contributed by atoms with Crippen LogP contribution in [-0.2, 0) is 21.4 Å². The van der Waals surface area contributed by atoms with E-state index in [-0.39, 0.29) is 17.9 Å². The maximum absolute atomic E-state index is 11.2. The summed E-state index contributed by atoms with van der Waals surface area (Å²) in [6, 6.07) is 5.88. The molecule has 0 aliphatic carbocycles. The van der Waals surface area contributed by atoms with Crippen LogP contribution < -0.4 is 5.32 Å². The summed E-state index contributed by atoms with van der Waals surface area (Å²) in [7, 11) is 0. The second kappa shape index (κ2) is 3.30. The molecular formula is C12H13NO3. The number of fused-ring (bicyclic) bond motifs is 1. The minimum absolute atomic E-state index is 0.0371. The number of rotatable bonds is 2. The third-order valence-corrected chi connectivity index (χ3v) is 3.40. The van der Waals surface area contributed by atoms with Gasteiger partial charge in [-0.25, -0.2) is 0 Å². The summed E-state index contributed by atoms with van der Waals surface area (Å²) >= 11 is 0. The molecule has 0 aromatic heterocycles. The minimum Gasteiger partial charge on any atom is -0.395 e. The Balaban J connectivity index is 1.98. The van der Waals surface area contributed by atoms with Gasteiger partial charge >= 0.3 is 0 Å². The number of anilines is 1. The zero-order valence-corrected chi connectivity index (χ0v) is 8.82. The maximum atomic E-state index is 11.2. The summed E-state index contributed by atoms with van der Waals surface area (Å²) in [6.45, 7) is 1.21. The predicted octanol–water partition coefficient (Wildman–Crippen LogP) is 0.442. The molecule has 3 rings (SSSR count). The summed E-state index contributed by atoms with van der Waals surface area (Å²) in [5, 5.41) is 12.2. The number of carbonyl (C=O) groups is 1. The van der Waals surface area contributed by atoms with Crippen molar-refractivity contribution in [1.29, 1.82) is 0 Å². The van der Waals surface area contributed by atoms with Gasteiger partial charge in [0, 0.05) is 5.69 Å². The number of ether oxygens (including phenoxy) is 1. The van der Waals surface area contributed by atoms with Crippen molar-refractivity contribution in [3.05, 3.63) is 29.3 Å². The number of aliphatic hydroxyl groups excluding tert-OH is 1. The van der Waals surface area contributed by atoms with Crippen LogP contribution in [0.15, 0.2) is 18.2 Å². The van der Waals surface area contributed by atoms with E-state index in [1.807, 2.05) is 18.2 Å². The lowest BCUT2D eigenvalue weighted by Gasteiger charge is -2.40. The molecule has 4 heteroatoms. The molecule has 1 fully saturated rings. The van der Waals surface area contributed by atoms with Crippen molar-refractivity contribution in [1.82, 2.24) is 0 Å². The van der Waals surface area contributed by atoms with Gasteiger partial charge in [-0.1, -0.05) is 12.1 Å². The first-order valence-corrected chi connectivity index (χ1v) is 5.35. The quantitative estimate of drug-likeness (QED) is 0.759. The molecule has 0 radical (unpaired) electrons. The van der Waals surface area contributed by atoms with Gasteiger partial charge in [0.05, 0.1) is 31.7 Å². The highest BCUT2D eigenvalue weighted by Gasteiger charge is 2.40. The molecule has 4 nitrogen and oxygen atoms in total. The number of hydrogen-bond acceptors (Lipinski definition) is 3. The van der Waals surface area contributed by atoms with Crippen molar-refractivity contribution >= 4 is 11.6 Å². The Morgan fingerprint density at radius 2 is 2.25 bits per heavy atom. The zero-order valence-electron chi connectivity index (χ0n) is 8.82. The zero-order chi connectivity index (χ0) is 11.2. The molecule has 1 aromatic carbocycles. The van der Waals surface area contributed by atoms with E-state index in [4.69, 9.17) is 4.74 Å². The number of amides is 1. The van der Waals surface area contributed by atoms with Crippen LogP contribution in [0.2, 0.25) is 0 Å². The first-order valence-electron chi connectivity index (χ1n) is 5.35. The van der Waals surface area contributed by atoms with Crippen LogP contribution in [0.5, 0.6) is 0 Å². The van der Waals surface area contributed by atoms with Crippen molar-refractivity contribution in [2.45, 2.75) is 11.8 Å². The van der Waals surface area contributed by atoms with Gasteiger partial charge in [0.15, 0.2) is 0 Å². The smallest absolute Gasteiger partial charge is 0.228 e. The van der Waals surface area contributed by atoms with Crippen LogP contribution in [0.4, 0.5) is 5.69 Å². The lowest BCUT2D eigenvalue weighted by atomic mass is 9.79. The van der Waals surface area contributed by atoms with Gasteiger partial charge in [-0.2, -0.15) is 0 Å². The lowest BCUT2D eigenvalue weighted by molar-refractivity contribution is -0.115. The van der Waals surface area contributed by atoms with Gasteiger partial charge in [0.25, 0.3) is 0 Å². The van der Waals surface area contributed by atoms with E-state index in [1.165, 1.54) is 0 Å². The first kappa shape index (κ1) is 9.81. The Kier molecular flexibility index (Phi) is 2.02. The molecule has 2 N–H and O–H groups in total. The largest absolute Gasteiger partial charge is 0.395 e. The van der Waals surface area contributed by atoms with Crippen molar-refractivity contribution < 1.29 is 14.6 Å². The van der Waals surface area contributed by atoms with Crippen LogP contribution in [-0.4, -0.2) is 30.8 Å². The topological polar surface area (TPSA) is 58.6 Å². The van der Waals surface area contributed by atoms with Gasteiger partial charge in [-0.3, -0.25) is 4.79 Å². The number of hydrogen-bond donors (Lipinski definition) is 2. The van der Waals surface area contributed by atoms with E-state index in [0.29, 0.717) is 19.6 Å². The third kappa shape index (κ3) is 1.27. The molecule has 16 heavy (non-hydrogen) atoms. The SMILES string of the molecule is O=C1Cc2cc(C3(CO)COC3)ccc2N1. The number of aliphatic hydroxyl groups is 1. The molecule has 1 aromatic rings. The summed E-state index contributed by atoms with van der Waals surface area (Å²) in [6.07, 6.45) is 0.436. The Morgan fingerprint density at radius 3 is 2.88 bits per heavy atom. The first-order chi connectivity index (χ1) is 7.73. The summed E-state index contributed by atoms with van der Waals surface area (Å²) in [5.41, 5.74) is 2.72. The summed E-state index contributed by atoms with van der Waals surface area (Å²) < 4.78 is 5.18. The second-order valence-corrected chi connectivity index (χ2v) is 4.53. The fourth-order valence-electron chi connectivity index (χ4n) is 2.26. The van der Waals surface area contributed by atoms with E-state index in [0.717, 1.165) is 16.8 Å². The predicted molar refractivity (Wildman–Crippen MR) is 58.4 cm³/mol. The standard InChI is InChI=1S/C12H13NO3/c14-5-12(6-16-7-12)9-1-2-10-8(3-9)4-11(15)13-10/h1-3,14H,4-7H2,(H,13,15). The summed E-state index contributed by atoms with van der Waals surface area (Å²) in [4.78, 5) is 11.2. The number of benzene rings is 1. The van der Waals surface area contributed by atoms with Crippen molar-refractivity contribution in [3.63, 3.8) is 0 Å². The molecule has 1 amide bonds. The molecule has 0 saturated carbocycles. The van der Waals surface area contributed by atoms with Gasteiger partial charge in [0.2, 0.25) is 5.91 Å². The average molecular weight is 219 g/mol. The summed E-state index contributed by atoms with van der Waals surface area (Å²) in [5.74, 6) is 0.0371. The highest BCUT2D eigenvalue weighted by atomic mass is 16.5. The highest BCUT2D eigenvalue weighted by molar-refractivity contribution is 5.99. The Hall–Kier alpha value is -1.39. The molecule has 0 unspecified atom stereocenters. The van der Waals surface area contributed by atoms with Crippen molar-refractivity contribution in [2.75, 3.05) is 25.1 Å². The Morgan fingerprint density at radius 1 is 1.44 bits per heavy atom. The normalized spacial score (nSPS) is 21.2. The fourth-order valence-corrected chi connectivity index (χ4v) is 2.26. The van der Waals surface area contributed by atoms with Crippen LogP contribution >= 0.6 is 0 Å². The van der Waals surface area contributed by atoms with Gasteiger partial charge in [-0.05, 0) is 17.2 Å². The van der Waals surface area contributed by atoms with Crippen molar-refractivity contribution in [3.8, 4) is 0 Å². The van der Waals surface area contributed by atoms with Crippen molar-refractivity contribution in [2.24, 2.45) is 0 Å². The van der Waals surface area contributed by atoms with Crippen LogP contribution in [0.3, 0.4) is 0 Å². The molecular weight excluding hydrogens is 206 g/mol. The Labute approximate surface area is 93.2 Å².